The van der Waals surface area contributed by atoms with E-state index >= 15 is 0 Å². The number of aromatic nitrogens is 2. The highest BCUT2D eigenvalue weighted by Gasteiger charge is 2.46. The summed E-state index contributed by atoms with van der Waals surface area (Å²) in [5.41, 5.74) is 1.21. The van der Waals surface area contributed by atoms with E-state index in [9.17, 15) is 0 Å². The molecule has 0 radical (unpaired) electrons. The predicted octanol–water partition coefficient (Wildman–Crippen LogP) is 2.97. The lowest BCUT2D eigenvalue weighted by Gasteiger charge is -2.36. The topological polar surface area (TPSA) is 64.1 Å². The van der Waals surface area contributed by atoms with Gasteiger partial charge in [0.2, 0.25) is 11.7 Å². The highest BCUT2D eigenvalue weighted by molar-refractivity contribution is 5.51. The van der Waals surface area contributed by atoms with Crippen molar-refractivity contribution in [3.8, 4) is 11.4 Å². The molecule has 5 heteroatoms. The van der Waals surface area contributed by atoms with E-state index in [1.54, 1.807) is 12.5 Å². The second kappa shape index (κ2) is 4.74. The van der Waals surface area contributed by atoms with Crippen LogP contribution in [0.2, 0.25) is 0 Å². The van der Waals surface area contributed by atoms with Gasteiger partial charge in [0.25, 0.3) is 0 Å². The maximum Gasteiger partial charge on any atom is 0.231 e. The second-order valence-corrected chi connectivity index (χ2v) is 6.07. The molecule has 0 bridgehead atoms. The van der Waals surface area contributed by atoms with Crippen molar-refractivity contribution in [2.24, 2.45) is 5.41 Å². The first kappa shape index (κ1) is 12.1. The molecule has 1 saturated heterocycles. The summed E-state index contributed by atoms with van der Waals surface area (Å²) in [4.78, 5) is 4.61. The van der Waals surface area contributed by atoms with Gasteiger partial charge in [-0.1, -0.05) is 24.4 Å². The Kier molecular flexibility index (Phi) is 2.88. The normalized spacial score (nSPS) is 25.3. The summed E-state index contributed by atoms with van der Waals surface area (Å²) in [6, 6.07) is 1.86. The van der Waals surface area contributed by atoms with Crippen molar-refractivity contribution in [1.82, 2.24) is 15.5 Å². The van der Waals surface area contributed by atoms with Gasteiger partial charge in [-0.15, -0.1) is 0 Å². The fourth-order valence-electron chi connectivity index (χ4n) is 3.82. The van der Waals surface area contributed by atoms with E-state index < -0.39 is 0 Å². The van der Waals surface area contributed by atoms with Crippen LogP contribution in [0.25, 0.3) is 11.4 Å². The second-order valence-electron chi connectivity index (χ2n) is 6.07. The molecule has 2 aromatic rings. The summed E-state index contributed by atoms with van der Waals surface area (Å²) in [5.74, 6) is 1.77. The lowest BCUT2D eigenvalue weighted by Crippen LogP contribution is -2.31. The Hall–Kier alpha value is -1.62. The summed E-state index contributed by atoms with van der Waals surface area (Å²) in [6.07, 6.45) is 9.82. The first-order valence-corrected chi connectivity index (χ1v) is 7.44. The molecule has 2 aliphatic rings. The number of rotatable bonds is 2. The van der Waals surface area contributed by atoms with E-state index in [-0.39, 0.29) is 0 Å². The van der Waals surface area contributed by atoms with Crippen LogP contribution >= 0.6 is 0 Å². The largest absolute Gasteiger partial charge is 0.472 e. The van der Waals surface area contributed by atoms with E-state index in [1.807, 2.05) is 6.07 Å². The molecule has 2 fully saturated rings. The van der Waals surface area contributed by atoms with Crippen molar-refractivity contribution < 1.29 is 8.94 Å². The third kappa shape index (κ3) is 1.88. The van der Waals surface area contributed by atoms with Gasteiger partial charge in [0.1, 0.15) is 6.26 Å². The van der Waals surface area contributed by atoms with Gasteiger partial charge in [0.15, 0.2) is 0 Å². The number of hydrogen-bond donors (Lipinski definition) is 1. The molecule has 1 N–H and O–H groups in total. The summed E-state index contributed by atoms with van der Waals surface area (Å²) >= 11 is 0. The maximum atomic E-state index is 5.56. The first-order chi connectivity index (χ1) is 9.87. The van der Waals surface area contributed by atoms with Gasteiger partial charge in [-0.3, -0.25) is 0 Å². The minimum atomic E-state index is 0.332. The third-order valence-corrected chi connectivity index (χ3v) is 4.93. The van der Waals surface area contributed by atoms with Crippen LogP contribution in [0.4, 0.5) is 0 Å². The Bertz CT molecular complexity index is 570. The lowest BCUT2D eigenvalue weighted by molar-refractivity contribution is 0.165. The first-order valence-electron chi connectivity index (χ1n) is 7.44. The van der Waals surface area contributed by atoms with Gasteiger partial charge in [-0.2, -0.15) is 4.98 Å². The molecule has 1 unspecified atom stereocenters. The van der Waals surface area contributed by atoms with E-state index in [4.69, 9.17) is 8.94 Å². The molecule has 1 aliphatic carbocycles. The Morgan fingerprint density at radius 2 is 2.15 bits per heavy atom. The van der Waals surface area contributed by atoms with Crippen molar-refractivity contribution in [1.29, 1.82) is 0 Å². The predicted molar refractivity (Wildman–Crippen MR) is 73.1 cm³/mol. The molecule has 2 aromatic heterocycles. The zero-order valence-electron chi connectivity index (χ0n) is 11.5. The van der Waals surface area contributed by atoms with E-state index in [0.717, 1.165) is 24.5 Å². The maximum absolute atomic E-state index is 5.56. The number of nitrogens with zero attached hydrogens (tertiary/aromatic N) is 2. The molecule has 3 heterocycles. The van der Waals surface area contributed by atoms with Gasteiger partial charge in [-0.25, -0.2) is 0 Å². The van der Waals surface area contributed by atoms with Crippen LogP contribution in [0.1, 0.15) is 43.9 Å². The van der Waals surface area contributed by atoms with Crippen LogP contribution in [0.15, 0.2) is 27.5 Å². The summed E-state index contributed by atoms with van der Waals surface area (Å²) in [5, 5.41) is 7.64. The van der Waals surface area contributed by atoms with Gasteiger partial charge in [-0.05, 0) is 24.3 Å². The summed E-state index contributed by atoms with van der Waals surface area (Å²) in [7, 11) is 0. The Morgan fingerprint density at radius 3 is 2.95 bits per heavy atom. The minimum Gasteiger partial charge on any atom is -0.472 e. The zero-order valence-corrected chi connectivity index (χ0v) is 11.5. The van der Waals surface area contributed by atoms with Crippen molar-refractivity contribution in [2.45, 2.75) is 38.0 Å². The van der Waals surface area contributed by atoms with Crippen molar-refractivity contribution in [3.05, 3.63) is 24.5 Å². The number of nitrogens with one attached hydrogen (secondary N) is 1. The van der Waals surface area contributed by atoms with Crippen molar-refractivity contribution in [3.63, 3.8) is 0 Å². The van der Waals surface area contributed by atoms with Crippen molar-refractivity contribution in [2.75, 3.05) is 13.1 Å². The van der Waals surface area contributed by atoms with Crippen LogP contribution in [0, 0.1) is 5.41 Å². The molecule has 0 aromatic carbocycles. The quantitative estimate of drug-likeness (QED) is 0.911. The fraction of sp³-hybridized carbons (Fsp3) is 0.600. The number of furan rings is 1. The van der Waals surface area contributed by atoms with Gasteiger partial charge in [0, 0.05) is 13.1 Å². The van der Waals surface area contributed by atoms with E-state index in [2.05, 4.69) is 15.5 Å². The molecular formula is C15H19N3O2. The smallest absolute Gasteiger partial charge is 0.231 e. The zero-order chi connectivity index (χ0) is 13.4. The Balaban J connectivity index is 1.63. The van der Waals surface area contributed by atoms with Gasteiger partial charge in [0.05, 0.1) is 17.7 Å². The lowest BCUT2D eigenvalue weighted by atomic mass is 9.67. The molecular weight excluding hydrogens is 254 g/mol. The van der Waals surface area contributed by atoms with Crippen molar-refractivity contribution >= 4 is 0 Å². The molecule has 4 rings (SSSR count). The van der Waals surface area contributed by atoms with E-state index in [0.29, 0.717) is 17.2 Å². The third-order valence-electron chi connectivity index (χ3n) is 4.93. The molecule has 20 heavy (non-hydrogen) atoms. The van der Waals surface area contributed by atoms with Gasteiger partial charge >= 0.3 is 0 Å². The molecule has 1 saturated carbocycles. The minimum absolute atomic E-state index is 0.332. The monoisotopic (exact) mass is 273 g/mol. The fourth-order valence-corrected chi connectivity index (χ4v) is 3.82. The molecule has 106 valence electrons. The summed E-state index contributed by atoms with van der Waals surface area (Å²) in [6.45, 7) is 2.04. The SMILES string of the molecule is c1cc(-c2noc(C3CNCC34CCCCC4)n2)co1. The summed E-state index contributed by atoms with van der Waals surface area (Å²) < 4.78 is 10.6. The van der Waals surface area contributed by atoms with Crippen LogP contribution in [0.5, 0.6) is 0 Å². The molecule has 1 aliphatic heterocycles. The molecule has 5 nitrogen and oxygen atoms in total. The number of hydrogen-bond acceptors (Lipinski definition) is 5. The molecule has 1 atom stereocenters. The Labute approximate surface area is 117 Å². The van der Waals surface area contributed by atoms with Crippen LogP contribution in [0.3, 0.4) is 0 Å². The molecule has 1 spiro atoms. The highest BCUT2D eigenvalue weighted by atomic mass is 16.5. The standard InChI is InChI=1S/C15H19N3O2/c1-2-5-15(6-3-1)10-16-8-12(15)14-17-13(18-20-14)11-4-7-19-9-11/h4,7,9,12,16H,1-3,5-6,8,10H2. The van der Waals surface area contributed by atoms with Crippen LogP contribution in [-0.2, 0) is 0 Å². The van der Waals surface area contributed by atoms with Crippen LogP contribution in [-0.4, -0.2) is 23.2 Å². The highest BCUT2D eigenvalue weighted by Crippen LogP contribution is 2.49. The van der Waals surface area contributed by atoms with Gasteiger partial charge < -0.3 is 14.3 Å². The molecule has 0 amide bonds. The average molecular weight is 273 g/mol. The van der Waals surface area contributed by atoms with E-state index in [1.165, 1.54) is 32.1 Å². The van der Waals surface area contributed by atoms with Crippen LogP contribution < -0.4 is 5.32 Å². The average Bonchev–Trinajstić information content (AvgIpc) is 3.19. The Morgan fingerprint density at radius 1 is 1.25 bits per heavy atom.